The van der Waals surface area contributed by atoms with Crippen LogP contribution in [0.3, 0.4) is 0 Å². The van der Waals surface area contributed by atoms with E-state index in [1.165, 1.54) is 21.3 Å². The smallest absolute Gasteiger partial charge is 0.290 e. The van der Waals surface area contributed by atoms with Crippen molar-refractivity contribution in [2.75, 3.05) is 27.9 Å². The molecule has 0 saturated heterocycles. The Kier molecular flexibility index (Phi) is 6.06. The summed E-state index contributed by atoms with van der Waals surface area (Å²) in [6.07, 6.45) is 1.70. The Balaban J connectivity index is 2.03. The molecule has 4 rings (SSSR count). The molecule has 1 amide bonds. The second-order valence-electron chi connectivity index (χ2n) is 8.34. The van der Waals surface area contributed by atoms with E-state index in [1.807, 2.05) is 19.9 Å². The Morgan fingerprint density at radius 3 is 2.21 bits per heavy atom. The number of rotatable bonds is 7. The Labute approximate surface area is 192 Å². The van der Waals surface area contributed by atoms with Crippen LogP contribution in [0.4, 0.5) is 0 Å². The van der Waals surface area contributed by atoms with Gasteiger partial charge in [-0.15, -0.1) is 0 Å². The first-order valence-electron chi connectivity index (χ1n) is 11.0. The quantitative estimate of drug-likeness (QED) is 0.514. The number of hydrogen-bond acceptors (Lipinski definition) is 6. The van der Waals surface area contributed by atoms with E-state index in [0.29, 0.717) is 45.9 Å². The third-order valence-electron chi connectivity index (χ3n) is 6.17. The average molecular weight is 452 g/mol. The Morgan fingerprint density at radius 2 is 1.64 bits per heavy atom. The Hall–Kier alpha value is -3.48. The average Bonchev–Trinajstić information content (AvgIpc) is 3.07. The Bertz CT molecular complexity index is 1270. The summed E-state index contributed by atoms with van der Waals surface area (Å²) in [5.74, 6) is 1.19. The first-order chi connectivity index (χ1) is 15.9. The standard InChI is InChI=1S/C26H29NO6/c1-7-8-9-27-22(16-12-18(30-4)24(32-6)19(13-16)31-5)21-23(28)20-15(3)10-14(2)11-17(20)33-25(21)26(27)29/h10-13,22H,7-9H2,1-6H3. The molecular weight excluding hydrogens is 422 g/mol. The van der Waals surface area contributed by atoms with E-state index < -0.39 is 6.04 Å². The summed E-state index contributed by atoms with van der Waals surface area (Å²) in [6.45, 7) is 6.38. The van der Waals surface area contributed by atoms with Gasteiger partial charge in [-0.05, 0) is 55.2 Å². The second-order valence-corrected chi connectivity index (χ2v) is 8.34. The topological polar surface area (TPSA) is 78.2 Å². The number of benzene rings is 2. The van der Waals surface area contributed by atoms with Gasteiger partial charge in [-0.25, -0.2) is 0 Å². The van der Waals surface area contributed by atoms with Gasteiger partial charge in [0.15, 0.2) is 16.9 Å². The molecule has 174 valence electrons. The van der Waals surface area contributed by atoms with Crippen molar-refractivity contribution in [3.63, 3.8) is 0 Å². The molecule has 3 aromatic rings. The van der Waals surface area contributed by atoms with E-state index in [0.717, 1.165) is 24.0 Å². The van der Waals surface area contributed by atoms with E-state index in [4.69, 9.17) is 18.6 Å². The number of carbonyl (C=O) groups is 1. The van der Waals surface area contributed by atoms with E-state index in [-0.39, 0.29) is 17.1 Å². The fourth-order valence-electron chi connectivity index (χ4n) is 4.68. The summed E-state index contributed by atoms with van der Waals surface area (Å²) < 4.78 is 22.6. The van der Waals surface area contributed by atoms with Gasteiger partial charge >= 0.3 is 0 Å². The molecule has 1 aliphatic heterocycles. The highest BCUT2D eigenvalue weighted by molar-refractivity contribution is 5.99. The Morgan fingerprint density at radius 1 is 0.970 bits per heavy atom. The number of carbonyl (C=O) groups excluding carboxylic acids is 1. The summed E-state index contributed by atoms with van der Waals surface area (Å²) in [7, 11) is 4.61. The van der Waals surface area contributed by atoms with Crippen molar-refractivity contribution in [3.8, 4) is 17.2 Å². The molecule has 0 N–H and O–H groups in total. The lowest BCUT2D eigenvalue weighted by atomic mass is 9.96. The van der Waals surface area contributed by atoms with Crippen LogP contribution in [0.15, 0.2) is 33.5 Å². The maximum absolute atomic E-state index is 13.8. The van der Waals surface area contributed by atoms with Gasteiger partial charge in [0.05, 0.1) is 38.3 Å². The molecule has 1 aliphatic rings. The molecule has 33 heavy (non-hydrogen) atoms. The van der Waals surface area contributed by atoms with Crippen molar-refractivity contribution in [1.82, 2.24) is 4.90 Å². The summed E-state index contributed by atoms with van der Waals surface area (Å²) in [6, 6.07) is 6.72. The van der Waals surface area contributed by atoms with Gasteiger partial charge in [-0.2, -0.15) is 0 Å². The van der Waals surface area contributed by atoms with Crippen molar-refractivity contribution in [2.24, 2.45) is 0 Å². The summed E-state index contributed by atoms with van der Waals surface area (Å²) in [4.78, 5) is 29.0. The molecule has 0 spiro atoms. The number of fused-ring (bicyclic) bond motifs is 2. The molecule has 7 heteroatoms. The van der Waals surface area contributed by atoms with Crippen LogP contribution in [0.5, 0.6) is 17.2 Å². The maximum atomic E-state index is 13.8. The largest absolute Gasteiger partial charge is 0.493 e. The van der Waals surface area contributed by atoms with Crippen molar-refractivity contribution in [2.45, 2.75) is 39.7 Å². The second kappa shape index (κ2) is 8.81. The molecular formula is C26H29NO6. The molecule has 1 aromatic heterocycles. The minimum atomic E-state index is -0.617. The maximum Gasteiger partial charge on any atom is 0.290 e. The summed E-state index contributed by atoms with van der Waals surface area (Å²) in [5.41, 5.74) is 3.09. The first-order valence-corrected chi connectivity index (χ1v) is 11.0. The molecule has 0 saturated carbocycles. The number of nitrogens with zero attached hydrogens (tertiary/aromatic N) is 1. The molecule has 0 aliphatic carbocycles. The minimum absolute atomic E-state index is 0.104. The van der Waals surface area contributed by atoms with Crippen LogP contribution in [0.2, 0.25) is 0 Å². The normalized spacial score (nSPS) is 15.2. The van der Waals surface area contributed by atoms with Gasteiger partial charge in [-0.1, -0.05) is 19.4 Å². The van der Waals surface area contributed by atoms with Crippen molar-refractivity contribution in [1.29, 1.82) is 0 Å². The lowest BCUT2D eigenvalue weighted by Gasteiger charge is -2.26. The van der Waals surface area contributed by atoms with Gasteiger partial charge < -0.3 is 23.5 Å². The van der Waals surface area contributed by atoms with Crippen LogP contribution in [-0.2, 0) is 0 Å². The zero-order chi connectivity index (χ0) is 23.9. The predicted molar refractivity (Wildman–Crippen MR) is 126 cm³/mol. The van der Waals surface area contributed by atoms with Gasteiger partial charge in [0.2, 0.25) is 11.5 Å². The number of hydrogen-bond donors (Lipinski definition) is 0. The third kappa shape index (κ3) is 3.61. The van der Waals surface area contributed by atoms with Gasteiger partial charge in [0.25, 0.3) is 5.91 Å². The van der Waals surface area contributed by atoms with E-state index in [9.17, 15) is 9.59 Å². The van der Waals surface area contributed by atoms with Crippen LogP contribution >= 0.6 is 0 Å². The minimum Gasteiger partial charge on any atom is -0.493 e. The van der Waals surface area contributed by atoms with Crippen LogP contribution in [-0.4, -0.2) is 38.7 Å². The van der Waals surface area contributed by atoms with Gasteiger partial charge in [0, 0.05) is 6.54 Å². The predicted octanol–water partition coefficient (Wildman–Crippen LogP) is 4.78. The molecule has 0 fully saturated rings. The molecule has 7 nitrogen and oxygen atoms in total. The van der Waals surface area contributed by atoms with Crippen molar-refractivity contribution >= 4 is 16.9 Å². The lowest BCUT2D eigenvalue weighted by molar-refractivity contribution is 0.0725. The highest BCUT2D eigenvalue weighted by Gasteiger charge is 2.43. The number of methoxy groups -OCH3 is 3. The third-order valence-corrected chi connectivity index (χ3v) is 6.17. The van der Waals surface area contributed by atoms with E-state index >= 15 is 0 Å². The van der Waals surface area contributed by atoms with Crippen LogP contribution in [0.1, 0.15) is 58.6 Å². The van der Waals surface area contributed by atoms with Gasteiger partial charge in [0.1, 0.15) is 5.58 Å². The lowest BCUT2D eigenvalue weighted by Crippen LogP contribution is -2.30. The van der Waals surface area contributed by atoms with Crippen molar-refractivity contribution in [3.05, 3.63) is 62.5 Å². The number of amides is 1. The molecule has 0 radical (unpaired) electrons. The van der Waals surface area contributed by atoms with Gasteiger partial charge in [-0.3, -0.25) is 9.59 Å². The highest BCUT2D eigenvalue weighted by Crippen LogP contribution is 2.45. The zero-order valence-electron chi connectivity index (χ0n) is 19.9. The van der Waals surface area contributed by atoms with Crippen LogP contribution < -0.4 is 19.6 Å². The zero-order valence-corrected chi connectivity index (χ0v) is 19.9. The molecule has 1 unspecified atom stereocenters. The van der Waals surface area contributed by atoms with Crippen LogP contribution in [0.25, 0.3) is 11.0 Å². The highest BCUT2D eigenvalue weighted by atomic mass is 16.5. The van der Waals surface area contributed by atoms with E-state index in [1.54, 1.807) is 23.1 Å². The molecule has 0 bridgehead atoms. The first kappa shape index (κ1) is 22.7. The van der Waals surface area contributed by atoms with Crippen LogP contribution in [0, 0.1) is 13.8 Å². The number of unbranched alkanes of at least 4 members (excludes halogenated alkanes) is 1. The monoisotopic (exact) mass is 451 g/mol. The SMILES string of the molecule is CCCCN1C(=O)c2oc3cc(C)cc(C)c3c(=O)c2C1c1cc(OC)c(OC)c(OC)c1. The molecule has 2 heterocycles. The van der Waals surface area contributed by atoms with E-state index in [2.05, 4.69) is 6.92 Å². The number of ether oxygens (including phenoxy) is 3. The fourth-order valence-corrected chi connectivity index (χ4v) is 4.68. The fraction of sp³-hybridized carbons (Fsp3) is 0.385. The van der Waals surface area contributed by atoms with Crippen molar-refractivity contribution < 1.29 is 23.4 Å². The summed E-state index contributed by atoms with van der Waals surface area (Å²) >= 11 is 0. The molecule has 1 atom stereocenters. The summed E-state index contributed by atoms with van der Waals surface area (Å²) in [5, 5.41) is 0.502. The molecule has 2 aromatic carbocycles. The number of aryl methyl sites for hydroxylation is 2.